The minimum Gasteiger partial charge on any atom is -0.336 e. The zero-order valence-corrected chi connectivity index (χ0v) is 13.2. The van der Waals surface area contributed by atoms with Gasteiger partial charge in [0.25, 0.3) is 5.91 Å². The molecular weight excluding hydrogens is 270 g/mol. The Morgan fingerprint density at radius 1 is 1.35 bits per heavy atom. The highest BCUT2D eigenvalue weighted by Crippen LogP contribution is 2.24. The number of benzene rings is 1. The summed E-state index contributed by atoms with van der Waals surface area (Å²) in [6.45, 7) is 5.22. The zero-order chi connectivity index (χ0) is 14.5. The SMILES string of the molecule is CC(C)c1ccc(C(=O)N2CCCC2CCCCl)cc1. The summed E-state index contributed by atoms with van der Waals surface area (Å²) in [5, 5.41) is 0. The predicted molar refractivity (Wildman–Crippen MR) is 84.5 cm³/mol. The molecule has 1 aliphatic heterocycles. The van der Waals surface area contributed by atoms with E-state index in [0.717, 1.165) is 37.8 Å². The Bertz CT molecular complexity index is 441. The number of likely N-dealkylation sites (tertiary alicyclic amines) is 1. The molecular formula is C17H24ClNO. The first-order chi connectivity index (χ1) is 9.63. The summed E-state index contributed by atoms with van der Waals surface area (Å²) in [6.07, 6.45) is 4.25. The number of hydrogen-bond donors (Lipinski definition) is 0. The number of nitrogens with zero attached hydrogens (tertiary/aromatic N) is 1. The molecule has 0 N–H and O–H groups in total. The standard InChI is InChI=1S/C17H24ClNO/c1-13(2)14-7-9-15(10-8-14)17(20)19-12-4-6-16(19)5-3-11-18/h7-10,13,16H,3-6,11-12H2,1-2H3. The van der Waals surface area contributed by atoms with Crippen LogP contribution < -0.4 is 0 Å². The predicted octanol–water partition coefficient (Wildman–Crippen LogP) is 4.43. The molecule has 1 aromatic carbocycles. The summed E-state index contributed by atoms with van der Waals surface area (Å²) in [5.74, 6) is 1.36. The third kappa shape index (κ3) is 3.54. The first kappa shape index (κ1) is 15.4. The van der Waals surface area contributed by atoms with Crippen LogP contribution in [0.1, 0.15) is 61.4 Å². The van der Waals surface area contributed by atoms with Crippen molar-refractivity contribution in [3.63, 3.8) is 0 Å². The van der Waals surface area contributed by atoms with Gasteiger partial charge >= 0.3 is 0 Å². The Balaban J connectivity index is 2.06. The van der Waals surface area contributed by atoms with E-state index in [1.807, 2.05) is 17.0 Å². The maximum atomic E-state index is 12.6. The molecule has 1 unspecified atom stereocenters. The van der Waals surface area contributed by atoms with Gasteiger partial charge in [-0.05, 0) is 49.3 Å². The minimum absolute atomic E-state index is 0.178. The minimum atomic E-state index is 0.178. The normalized spacial score (nSPS) is 18.8. The van der Waals surface area contributed by atoms with Crippen LogP contribution >= 0.6 is 11.6 Å². The van der Waals surface area contributed by atoms with Crippen LogP contribution in [0.25, 0.3) is 0 Å². The third-order valence-corrected chi connectivity index (χ3v) is 4.40. The van der Waals surface area contributed by atoms with Gasteiger partial charge in [0.1, 0.15) is 0 Å². The summed E-state index contributed by atoms with van der Waals surface area (Å²) in [6, 6.07) is 8.46. The maximum Gasteiger partial charge on any atom is 0.254 e. The third-order valence-electron chi connectivity index (χ3n) is 4.13. The number of amides is 1. The Morgan fingerprint density at radius 2 is 2.05 bits per heavy atom. The van der Waals surface area contributed by atoms with Crippen molar-refractivity contribution in [1.82, 2.24) is 4.90 Å². The highest BCUT2D eigenvalue weighted by Gasteiger charge is 2.28. The number of alkyl halides is 1. The Morgan fingerprint density at radius 3 is 2.65 bits per heavy atom. The number of carbonyl (C=O) groups is 1. The average Bonchev–Trinajstić information content (AvgIpc) is 2.92. The number of halogens is 1. The fourth-order valence-corrected chi connectivity index (χ4v) is 3.05. The fraction of sp³-hybridized carbons (Fsp3) is 0.588. The smallest absolute Gasteiger partial charge is 0.254 e. The number of hydrogen-bond acceptors (Lipinski definition) is 1. The largest absolute Gasteiger partial charge is 0.336 e. The van der Waals surface area contributed by atoms with Gasteiger partial charge in [-0.25, -0.2) is 0 Å². The molecule has 1 atom stereocenters. The summed E-state index contributed by atoms with van der Waals surface area (Å²) < 4.78 is 0. The number of carbonyl (C=O) groups excluding carboxylic acids is 1. The molecule has 1 fully saturated rings. The van der Waals surface area contributed by atoms with E-state index in [1.165, 1.54) is 5.56 Å². The second kappa shape index (κ2) is 7.12. The summed E-state index contributed by atoms with van der Waals surface area (Å²) >= 11 is 5.77. The van der Waals surface area contributed by atoms with Crippen molar-refractivity contribution in [3.8, 4) is 0 Å². The molecule has 2 rings (SSSR count). The van der Waals surface area contributed by atoms with Crippen molar-refractivity contribution in [2.75, 3.05) is 12.4 Å². The van der Waals surface area contributed by atoms with Gasteiger partial charge in [-0.3, -0.25) is 4.79 Å². The summed E-state index contributed by atoms with van der Waals surface area (Å²) in [4.78, 5) is 14.6. The molecule has 110 valence electrons. The van der Waals surface area contributed by atoms with Crippen molar-refractivity contribution in [2.24, 2.45) is 0 Å². The molecule has 1 aliphatic rings. The van der Waals surface area contributed by atoms with E-state index in [0.29, 0.717) is 17.8 Å². The van der Waals surface area contributed by atoms with E-state index in [4.69, 9.17) is 11.6 Å². The van der Waals surface area contributed by atoms with Crippen LogP contribution in [0.15, 0.2) is 24.3 Å². The molecule has 1 aromatic rings. The lowest BCUT2D eigenvalue weighted by Crippen LogP contribution is -2.35. The Hall–Kier alpha value is -1.02. The van der Waals surface area contributed by atoms with Crippen molar-refractivity contribution in [1.29, 1.82) is 0 Å². The monoisotopic (exact) mass is 293 g/mol. The van der Waals surface area contributed by atoms with Gasteiger partial charge in [-0.15, -0.1) is 11.6 Å². The molecule has 20 heavy (non-hydrogen) atoms. The van der Waals surface area contributed by atoms with E-state index in [1.54, 1.807) is 0 Å². The fourth-order valence-electron chi connectivity index (χ4n) is 2.89. The second-order valence-corrected chi connectivity index (χ2v) is 6.28. The van der Waals surface area contributed by atoms with E-state index in [9.17, 15) is 4.79 Å². The molecule has 1 saturated heterocycles. The summed E-state index contributed by atoms with van der Waals surface area (Å²) in [5.41, 5.74) is 2.09. The molecule has 2 nitrogen and oxygen atoms in total. The van der Waals surface area contributed by atoms with Crippen molar-refractivity contribution < 1.29 is 4.79 Å². The molecule has 0 aliphatic carbocycles. The Labute approximate surface area is 127 Å². The van der Waals surface area contributed by atoms with Crippen LogP contribution in [0.2, 0.25) is 0 Å². The lowest BCUT2D eigenvalue weighted by molar-refractivity contribution is 0.0730. The van der Waals surface area contributed by atoms with E-state index in [2.05, 4.69) is 26.0 Å². The molecule has 0 saturated carbocycles. The molecule has 1 amide bonds. The van der Waals surface area contributed by atoms with Gasteiger partial charge in [0, 0.05) is 24.0 Å². The summed E-state index contributed by atoms with van der Waals surface area (Å²) in [7, 11) is 0. The van der Waals surface area contributed by atoms with Gasteiger partial charge in [-0.2, -0.15) is 0 Å². The molecule has 0 aromatic heterocycles. The molecule has 0 radical (unpaired) electrons. The highest BCUT2D eigenvalue weighted by molar-refractivity contribution is 6.17. The van der Waals surface area contributed by atoms with Gasteiger partial charge < -0.3 is 4.90 Å². The van der Waals surface area contributed by atoms with Crippen LogP contribution in [0.4, 0.5) is 0 Å². The van der Waals surface area contributed by atoms with Crippen LogP contribution in [-0.4, -0.2) is 29.3 Å². The first-order valence-electron chi connectivity index (χ1n) is 7.60. The highest BCUT2D eigenvalue weighted by atomic mass is 35.5. The lowest BCUT2D eigenvalue weighted by Gasteiger charge is -2.24. The van der Waals surface area contributed by atoms with Crippen LogP contribution in [0.5, 0.6) is 0 Å². The Kier molecular flexibility index (Phi) is 5.47. The number of rotatable bonds is 5. The van der Waals surface area contributed by atoms with Crippen molar-refractivity contribution in [3.05, 3.63) is 35.4 Å². The zero-order valence-electron chi connectivity index (χ0n) is 12.4. The van der Waals surface area contributed by atoms with Crippen molar-refractivity contribution in [2.45, 2.75) is 51.5 Å². The quantitative estimate of drug-likeness (QED) is 0.735. The topological polar surface area (TPSA) is 20.3 Å². The molecule has 1 heterocycles. The van der Waals surface area contributed by atoms with Gasteiger partial charge in [0.15, 0.2) is 0 Å². The first-order valence-corrected chi connectivity index (χ1v) is 8.14. The average molecular weight is 294 g/mol. The van der Waals surface area contributed by atoms with Gasteiger partial charge in [0.2, 0.25) is 0 Å². The molecule has 0 spiro atoms. The van der Waals surface area contributed by atoms with Crippen LogP contribution in [-0.2, 0) is 0 Å². The van der Waals surface area contributed by atoms with Gasteiger partial charge in [-0.1, -0.05) is 26.0 Å². The second-order valence-electron chi connectivity index (χ2n) is 5.90. The van der Waals surface area contributed by atoms with Gasteiger partial charge in [0.05, 0.1) is 0 Å². The molecule has 3 heteroatoms. The van der Waals surface area contributed by atoms with Crippen LogP contribution in [0, 0.1) is 0 Å². The van der Waals surface area contributed by atoms with E-state index < -0.39 is 0 Å². The van der Waals surface area contributed by atoms with E-state index >= 15 is 0 Å². The lowest BCUT2D eigenvalue weighted by atomic mass is 10.0. The van der Waals surface area contributed by atoms with E-state index in [-0.39, 0.29) is 5.91 Å². The molecule has 0 bridgehead atoms. The maximum absolute atomic E-state index is 12.6. The van der Waals surface area contributed by atoms with Crippen molar-refractivity contribution >= 4 is 17.5 Å². The van der Waals surface area contributed by atoms with Crippen LogP contribution in [0.3, 0.4) is 0 Å².